The summed E-state index contributed by atoms with van der Waals surface area (Å²) in [5.74, 6) is 0.902. The number of methoxy groups -OCH3 is 2. The molecule has 0 saturated heterocycles. The normalized spacial score (nSPS) is 10.9. The average molecular weight is 440 g/mol. The summed E-state index contributed by atoms with van der Waals surface area (Å²) in [6.45, 7) is 2.06. The minimum Gasteiger partial charge on any atom is -0.493 e. The fraction of sp³-hybridized carbons (Fsp3) is 0.111. The topological polar surface area (TPSA) is 73.6 Å². The van der Waals surface area contributed by atoms with E-state index in [-0.39, 0.29) is 5.91 Å². The van der Waals surface area contributed by atoms with Gasteiger partial charge in [-0.2, -0.15) is 0 Å². The van der Waals surface area contributed by atoms with Crippen molar-refractivity contribution >= 4 is 17.7 Å². The monoisotopic (exact) mass is 440 g/mol. The molecule has 0 saturated carbocycles. The Bertz CT molecular complexity index is 1290. The Hall–Kier alpha value is -4.32. The van der Waals surface area contributed by atoms with Crippen LogP contribution in [0.4, 0.5) is 5.69 Å². The molecule has 6 heteroatoms. The lowest BCUT2D eigenvalue weighted by atomic mass is 9.94. The second kappa shape index (κ2) is 9.87. The first kappa shape index (κ1) is 21.9. The van der Waals surface area contributed by atoms with Crippen LogP contribution in [0, 0.1) is 6.92 Å². The molecule has 0 atom stereocenters. The summed E-state index contributed by atoms with van der Waals surface area (Å²) in [7, 11) is 3.14. The lowest BCUT2D eigenvalue weighted by molar-refractivity contribution is -0.111. The largest absolute Gasteiger partial charge is 0.493 e. The molecule has 1 aromatic heterocycles. The highest BCUT2D eigenvalue weighted by atomic mass is 16.5. The summed E-state index contributed by atoms with van der Waals surface area (Å²) in [5, 5.41) is 7.02. The van der Waals surface area contributed by atoms with E-state index in [9.17, 15) is 4.79 Å². The van der Waals surface area contributed by atoms with Crippen LogP contribution in [-0.4, -0.2) is 25.3 Å². The van der Waals surface area contributed by atoms with Gasteiger partial charge in [-0.25, -0.2) is 0 Å². The van der Waals surface area contributed by atoms with Crippen LogP contribution in [0.2, 0.25) is 0 Å². The highest BCUT2D eigenvalue weighted by molar-refractivity contribution is 6.03. The predicted molar refractivity (Wildman–Crippen MR) is 129 cm³/mol. The fourth-order valence-corrected chi connectivity index (χ4v) is 3.69. The van der Waals surface area contributed by atoms with Crippen LogP contribution in [0.5, 0.6) is 11.5 Å². The quantitative estimate of drug-likeness (QED) is 0.358. The molecule has 1 amide bonds. The number of hydrogen-bond acceptors (Lipinski definition) is 5. The summed E-state index contributed by atoms with van der Waals surface area (Å²) in [6.07, 6.45) is 4.69. The van der Waals surface area contributed by atoms with Crippen LogP contribution in [0.1, 0.15) is 11.1 Å². The number of nitrogens with one attached hydrogen (secondary N) is 1. The molecule has 1 N–H and O–H groups in total. The Morgan fingerprint density at radius 2 is 1.79 bits per heavy atom. The third kappa shape index (κ3) is 4.80. The molecular formula is C27H24N2O4. The van der Waals surface area contributed by atoms with Gasteiger partial charge in [0.15, 0.2) is 11.5 Å². The molecule has 3 aromatic carbocycles. The number of carbonyl (C=O) groups excluding carboxylic acids is 1. The van der Waals surface area contributed by atoms with Crippen molar-refractivity contribution in [2.24, 2.45) is 0 Å². The SMILES string of the molecule is COc1cccc(C=CC(=O)Nc2ccc(-c3ccccc3C)c(-c3ccon3)c2)c1OC. The van der Waals surface area contributed by atoms with Gasteiger partial charge in [0.1, 0.15) is 12.0 Å². The van der Waals surface area contributed by atoms with Crippen LogP contribution in [0.25, 0.3) is 28.5 Å². The summed E-state index contributed by atoms with van der Waals surface area (Å²) in [4.78, 5) is 12.6. The lowest BCUT2D eigenvalue weighted by Crippen LogP contribution is -2.08. The summed E-state index contributed by atoms with van der Waals surface area (Å²) in [5.41, 5.74) is 6.21. The van der Waals surface area contributed by atoms with Crippen molar-refractivity contribution in [2.75, 3.05) is 19.5 Å². The van der Waals surface area contributed by atoms with Gasteiger partial charge in [-0.05, 0) is 47.9 Å². The van der Waals surface area contributed by atoms with E-state index in [4.69, 9.17) is 14.0 Å². The fourth-order valence-electron chi connectivity index (χ4n) is 3.69. The van der Waals surface area contributed by atoms with Gasteiger partial charge in [0, 0.05) is 29.0 Å². The Morgan fingerprint density at radius 3 is 2.52 bits per heavy atom. The third-order valence-electron chi connectivity index (χ3n) is 5.28. The number of ether oxygens (including phenoxy) is 2. The molecule has 0 aliphatic carbocycles. The maximum absolute atomic E-state index is 12.6. The highest BCUT2D eigenvalue weighted by Gasteiger charge is 2.13. The lowest BCUT2D eigenvalue weighted by Gasteiger charge is -2.13. The van der Waals surface area contributed by atoms with E-state index in [1.807, 2.05) is 42.5 Å². The van der Waals surface area contributed by atoms with Crippen LogP contribution >= 0.6 is 0 Å². The number of aryl methyl sites for hydroxylation is 1. The number of para-hydroxylation sites is 1. The van der Waals surface area contributed by atoms with Gasteiger partial charge in [0.25, 0.3) is 0 Å². The van der Waals surface area contributed by atoms with Crippen molar-refractivity contribution in [3.05, 3.63) is 90.2 Å². The first-order valence-electron chi connectivity index (χ1n) is 10.4. The van der Waals surface area contributed by atoms with Gasteiger partial charge in [0.05, 0.1) is 14.2 Å². The second-order valence-corrected chi connectivity index (χ2v) is 7.37. The van der Waals surface area contributed by atoms with E-state index in [1.54, 1.807) is 32.4 Å². The smallest absolute Gasteiger partial charge is 0.248 e. The highest BCUT2D eigenvalue weighted by Crippen LogP contribution is 2.35. The number of benzene rings is 3. The molecule has 0 bridgehead atoms. The number of carbonyl (C=O) groups is 1. The number of nitrogens with zero attached hydrogens (tertiary/aromatic N) is 1. The Kier molecular flexibility index (Phi) is 6.55. The van der Waals surface area contributed by atoms with Crippen LogP contribution in [-0.2, 0) is 4.79 Å². The zero-order chi connectivity index (χ0) is 23.2. The molecule has 6 nitrogen and oxygen atoms in total. The van der Waals surface area contributed by atoms with E-state index in [0.717, 1.165) is 27.8 Å². The van der Waals surface area contributed by atoms with Crippen LogP contribution < -0.4 is 14.8 Å². The number of anilines is 1. The van der Waals surface area contributed by atoms with E-state index in [2.05, 4.69) is 29.5 Å². The van der Waals surface area contributed by atoms with Crippen LogP contribution in [0.15, 0.2) is 83.6 Å². The van der Waals surface area contributed by atoms with Crippen molar-refractivity contribution < 1.29 is 18.8 Å². The summed E-state index contributed by atoms with van der Waals surface area (Å²) < 4.78 is 15.8. The maximum atomic E-state index is 12.6. The maximum Gasteiger partial charge on any atom is 0.248 e. The molecule has 4 aromatic rings. The zero-order valence-corrected chi connectivity index (χ0v) is 18.7. The van der Waals surface area contributed by atoms with Crippen LogP contribution in [0.3, 0.4) is 0 Å². The standard InChI is InChI=1S/C27H24N2O4/c1-18-7-4-5-9-21(18)22-13-12-20(17-23(22)24-15-16-33-29-24)28-26(30)14-11-19-8-6-10-25(31-2)27(19)32-3/h4-17H,1-3H3,(H,28,30). The second-order valence-electron chi connectivity index (χ2n) is 7.37. The van der Waals surface area contributed by atoms with Crippen molar-refractivity contribution in [3.8, 4) is 33.9 Å². The molecule has 0 spiro atoms. The molecular weight excluding hydrogens is 416 g/mol. The average Bonchev–Trinajstić information content (AvgIpc) is 3.38. The molecule has 0 radical (unpaired) electrons. The van der Waals surface area contributed by atoms with Crippen molar-refractivity contribution in [1.29, 1.82) is 0 Å². The minimum atomic E-state index is -0.269. The van der Waals surface area contributed by atoms with Crippen molar-refractivity contribution in [2.45, 2.75) is 6.92 Å². The van der Waals surface area contributed by atoms with Crippen molar-refractivity contribution in [1.82, 2.24) is 5.16 Å². The van der Waals surface area contributed by atoms with Crippen molar-refractivity contribution in [3.63, 3.8) is 0 Å². The number of hydrogen-bond donors (Lipinski definition) is 1. The van der Waals surface area contributed by atoms with E-state index < -0.39 is 0 Å². The Morgan fingerprint density at radius 1 is 0.939 bits per heavy atom. The Balaban J connectivity index is 1.62. The summed E-state index contributed by atoms with van der Waals surface area (Å²) in [6, 6.07) is 21.2. The number of aromatic nitrogens is 1. The van der Waals surface area contributed by atoms with Gasteiger partial charge in [-0.3, -0.25) is 4.79 Å². The first-order valence-corrected chi connectivity index (χ1v) is 10.4. The van der Waals surface area contributed by atoms with Gasteiger partial charge in [-0.1, -0.05) is 47.6 Å². The van der Waals surface area contributed by atoms with Gasteiger partial charge in [0.2, 0.25) is 5.91 Å². The molecule has 0 aliphatic heterocycles. The van der Waals surface area contributed by atoms with E-state index in [1.165, 1.54) is 12.3 Å². The number of amides is 1. The third-order valence-corrected chi connectivity index (χ3v) is 5.28. The summed E-state index contributed by atoms with van der Waals surface area (Å²) >= 11 is 0. The molecule has 0 fully saturated rings. The molecule has 0 aliphatic rings. The molecule has 4 rings (SSSR count). The molecule has 0 unspecified atom stereocenters. The minimum absolute atomic E-state index is 0.269. The van der Waals surface area contributed by atoms with E-state index in [0.29, 0.717) is 22.9 Å². The number of rotatable bonds is 7. The van der Waals surface area contributed by atoms with Gasteiger partial charge < -0.3 is 19.3 Å². The van der Waals surface area contributed by atoms with E-state index >= 15 is 0 Å². The molecule has 33 heavy (non-hydrogen) atoms. The molecule has 166 valence electrons. The molecule has 1 heterocycles. The first-order chi connectivity index (χ1) is 16.1. The predicted octanol–water partition coefficient (Wildman–Crippen LogP) is 5.99. The Labute approximate surface area is 192 Å². The zero-order valence-electron chi connectivity index (χ0n) is 18.7. The van der Waals surface area contributed by atoms with Gasteiger partial charge >= 0.3 is 0 Å². The van der Waals surface area contributed by atoms with Gasteiger partial charge in [-0.15, -0.1) is 0 Å².